The van der Waals surface area contributed by atoms with Gasteiger partial charge in [-0.15, -0.1) is 0 Å². The summed E-state index contributed by atoms with van der Waals surface area (Å²) in [5.74, 6) is 0.408. The van der Waals surface area contributed by atoms with Gasteiger partial charge in [0.05, 0.1) is 30.5 Å². The largest absolute Gasteiger partial charge is 0.493 e. The monoisotopic (exact) mass is 455 g/mol. The Bertz CT molecular complexity index is 1190. The summed E-state index contributed by atoms with van der Waals surface area (Å²) in [7, 11) is 3.05. The van der Waals surface area contributed by atoms with E-state index in [1.807, 2.05) is 24.3 Å². The Kier molecular flexibility index (Phi) is 6.87. The van der Waals surface area contributed by atoms with E-state index in [0.29, 0.717) is 28.4 Å². The summed E-state index contributed by atoms with van der Waals surface area (Å²) in [6.07, 6.45) is 2.04. The molecule has 1 fully saturated rings. The average molecular weight is 456 g/mol. The van der Waals surface area contributed by atoms with Crippen molar-refractivity contribution in [3.63, 3.8) is 0 Å². The predicted molar refractivity (Wildman–Crippen MR) is 121 cm³/mol. The summed E-state index contributed by atoms with van der Waals surface area (Å²) in [6, 6.07) is 12.6. The number of methoxy groups -OCH3 is 2. The van der Waals surface area contributed by atoms with Gasteiger partial charge in [-0.3, -0.25) is 9.59 Å². The number of amides is 2. The first-order valence-electron chi connectivity index (χ1n) is 10.4. The maximum absolute atomic E-state index is 12.9. The fourth-order valence-corrected chi connectivity index (χ4v) is 4.64. The Balaban J connectivity index is 1.62. The fourth-order valence-electron chi connectivity index (χ4n) is 3.61. The smallest absolute Gasteiger partial charge is 0.279 e. The van der Waals surface area contributed by atoms with Crippen LogP contribution in [0.1, 0.15) is 23.2 Å². The summed E-state index contributed by atoms with van der Waals surface area (Å²) in [6.45, 7) is 1.29. The molecule has 1 aromatic heterocycles. The maximum atomic E-state index is 12.9. The number of nitrogens with one attached hydrogen (secondary N) is 1. The lowest BCUT2D eigenvalue weighted by Gasteiger charge is -2.11. The van der Waals surface area contributed by atoms with Crippen LogP contribution in [0, 0.1) is 0 Å². The van der Waals surface area contributed by atoms with Gasteiger partial charge in [-0.25, -0.2) is 0 Å². The SMILES string of the molecule is COc1ccc(C(=O)N=c2sc3ccccc3n2CC(=O)NC[C@@H]2CCCO2)cc1OC. The molecule has 9 heteroatoms. The number of thiazole rings is 1. The van der Waals surface area contributed by atoms with E-state index in [1.54, 1.807) is 22.8 Å². The van der Waals surface area contributed by atoms with Gasteiger partial charge in [0.25, 0.3) is 5.91 Å². The molecule has 2 amide bonds. The van der Waals surface area contributed by atoms with Crippen LogP contribution >= 0.6 is 11.3 Å². The molecular weight excluding hydrogens is 430 g/mol. The van der Waals surface area contributed by atoms with Crippen LogP contribution < -0.4 is 19.6 Å². The van der Waals surface area contributed by atoms with Crippen LogP contribution in [0.2, 0.25) is 0 Å². The number of nitrogens with zero attached hydrogens (tertiary/aromatic N) is 2. The van der Waals surface area contributed by atoms with Gasteiger partial charge in [0.15, 0.2) is 16.3 Å². The summed E-state index contributed by atoms with van der Waals surface area (Å²) in [4.78, 5) is 30.3. The second-order valence-electron chi connectivity index (χ2n) is 7.36. The van der Waals surface area contributed by atoms with Crippen molar-refractivity contribution >= 4 is 33.4 Å². The molecule has 1 saturated heterocycles. The van der Waals surface area contributed by atoms with Crippen LogP contribution in [-0.4, -0.2) is 49.9 Å². The number of hydrogen-bond acceptors (Lipinski definition) is 6. The van der Waals surface area contributed by atoms with E-state index in [-0.39, 0.29) is 18.6 Å². The highest BCUT2D eigenvalue weighted by molar-refractivity contribution is 7.16. The molecule has 168 valence electrons. The zero-order valence-electron chi connectivity index (χ0n) is 18.0. The molecule has 3 aromatic rings. The fraction of sp³-hybridized carbons (Fsp3) is 0.348. The number of benzene rings is 2. The van der Waals surface area contributed by atoms with Crippen LogP contribution in [-0.2, 0) is 16.1 Å². The Hall–Kier alpha value is -3.17. The molecule has 2 heterocycles. The predicted octanol–water partition coefficient (Wildman–Crippen LogP) is 2.76. The minimum absolute atomic E-state index is 0.0643. The molecule has 1 aliphatic heterocycles. The number of ether oxygens (including phenoxy) is 3. The molecule has 0 saturated carbocycles. The number of carbonyl (C=O) groups excluding carboxylic acids is 2. The van der Waals surface area contributed by atoms with E-state index < -0.39 is 5.91 Å². The van der Waals surface area contributed by atoms with Gasteiger partial charge in [0.1, 0.15) is 6.54 Å². The Morgan fingerprint density at radius 1 is 1.19 bits per heavy atom. The van der Waals surface area contributed by atoms with E-state index in [9.17, 15) is 9.59 Å². The molecule has 1 N–H and O–H groups in total. The van der Waals surface area contributed by atoms with Crippen molar-refractivity contribution in [2.24, 2.45) is 4.99 Å². The van der Waals surface area contributed by atoms with Crippen molar-refractivity contribution in [1.29, 1.82) is 0 Å². The van der Waals surface area contributed by atoms with E-state index in [2.05, 4.69) is 10.3 Å². The van der Waals surface area contributed by atoms with Gasteiger partial charge in [0.2, 0.25) is 5.91 Å². The van der Waals surface area contributed by atoms with E-state index in [4.69, 9.17) is 14.2 Å². The van der Waals surface area contributed by atoms with Crippen LogP contribution in [0.5, 0.6) is 11.5 Å². The van der Waals surface area contributed by atoms with Crippen molar-refractivity contribution in [2.45, 2.75) is 25.5 Å². The molecule has 0 unspecified atom stereocenters. The second-order valence-corrected chi connectivity index (χ2v) is 8.37. The molecule has 0 spiro atoms. The van der Waals surface area contributed by atoms with Crippen molar-refractivity contribution < 1.29 is 23.8 Å². The van der Waals surface area contributed by atoms with Gasteiger partial charge >= 0.3 is 0 Å². The summed E-state index contributed by atoms with van der Waals surface area (Å²) in [5.41, 5.74) is 1.22. The zero-order valence-corrected chi connectivity index (χ0v) is 18.8. The lowest BCUT2D eigenvalue weighted by Crippen LogP contribution is -2.35. The minimum atomic E-state index is -0.425. The maximum Gasteiger partial charge on any atom is 0.279 e. The molecule has 8 nitrogen and oxygen atoms in total. The third-order valence-corrected chi connectivity index (χ3v) is 6.33. The van der Waals surface area contributed by atoms with Gasteiger partial charge < -0.3 is 24.1 Å². The van der Waals surface area contributed by atoms with Crippen molar-refractivity contribution in [3.8, 4) is 11.5 Å². The van der Waals surface area contributed by atoms with Crippen molar-refractivity contribution in [3.05, 3.63) is 52.8 Å². The highest BCUT2D eigenvalue weighted by atomic mass is 32.1. The number of aromatic nitrogens is 1. The third kappa shape index (κ3) is 4.84. The molecule has 1 aliphatic rings. The van der Waals surface area contributed by atoms with Crippen molar-refractivity contribution in [1.82, 2.24) is 9.88 Å². The van der Waals surface area contributed by atoms with Crippen molar-refractivity contribution in [2.75, 3.05) is 27.4 Å². The highest BCUT2D eigenvalue weighted by Crippen LogP contribution is 2.27. The number of para-hydroxylation sites is 1. The second kappa shape index (κ2) is 9.97. The van der Waals surface area contributed by atoms with Gasteiger partial charge in [-0.2, -0.15) is 4.99 Å². The molecule has 1 atom stereocenters. The first-order chi connectivity index (χ1) is 15.6. The van der Waals surface area contributed by atoms with Crippen LogP contribution in [0.4, 0.5) is 0 Å². The van der Waals surface area contributed by atoms with Crippen LogP contribution in [0.25, 0.3) is 10.2 Å². The van der Waals surface area contributed by atoms with Gasteiger partial charge in [-0.05, 0) is 43.2 Å². The number of carbonyl (C=O) groups is 2. The minimum Gasteiger partial charge on any atom is -0.493 e. The number of rotatable bonds is 7. The average Bonchev–Trinajstić information content (AvgIpc) is 3.45. The molecule has 32 heavy (non-hydrogen) atoms. The number of hydrogen-bond donors (Lipinski definition) is 1. The van der Waals surface area contributed by atoms with Crippen LogP contribution in [0.15, 0.2) is 47.5 Å². The standard InChI is InChI=1S/C23H25N3O5S/c1-29-18-10-9-15(12-19(18)30-2)22(28)25-23-26(17-7-3-4-8-20(17)32-23)14-21(27)24-13-16-6-5-11-31-16/h3-4,7-10,12,16H,5-6,11,13-14H2,1-2H3,(H,24,27)/t16-/m0/s1. The zero-order chi connectivity index (χ0) is 22.5. The Morgan fingerprint density at radius 3 is 2.75 bits per heavy atom. The number of fused-ring (bicyclic) bond motifs is 1. The molecule has 0 radical (unpaired) electrons. The first kappa shape index (κ1) is 22.0. The third-order valence-electron chi connectivity index (χ3n) is 5.27. The first-order valence-corrected chi connectivity index (χ1v) is 11.2. The highest BCUT2D eigenvalue weighted by Gasteiger charge is 2.17. The lowest BCUT2D eigenvalue weighted by atomic mass is 10.2. The Morgan fingerprint density at radius 2 is 2.00 bits per heavy atom. The molecule has 4 rings (SSSR count). The lowest BCUT2D eigenvalue weighted by molar-refractivity contribution is -0.122. The normalized spacial score (nSPS) is 16.3. The molecular formula is C23H25N3O5S. The molecule has 0 aliphatic carbocycles. The van der Waals surface area contributed by atoms with E-state index >= 15 is 0 Å². The Labute approximate surface area is 189 Å². The summed E-state index contributed by atoms with van der Waals surface area (Å²) >= 11 is 1.36. The molecule has 2 aromatic carbocycles. The van der Waals surface area contributed by atoms with E-state index in [1.165, 1.54) is 25.6 Å². The quantitative estimate of drug-likeness (QED) is 0.592. The molecule has 0 bridgehead atoms. The van der Waals surface area contributed by atoms with Crippen LogP contribution in [0.3, 0.4) is 0 Å². The summed E-state index contributed by atoms with van der Waals surface area (Å²) in [5, 5.41) is 2.93. The summed E-state index contributed by atoms with van der Waals surface area (Å²) < 4.78 is 18.8. The topological polar surface area (TPSA) is 91.2 Å². The van der Waals surface area contributed by atoms with Gasteiger partial charge in [0, 0.05) is 18.7 Å². The van der Waals surface area contributed by atoms with Gasteiger partial charge in [-0.1, -0.05) is 23.5 Å². The van der Waals surface area contributed by atoms with E-state index in [0.717, 1.165) is 29.7 Å².